The minimum Gasteiger partial charge on any atom is -0.316 e. The van der Waals surface area contributed by atoms with Gasteiger partial charge in [0.15, 0.2) is 0 Å². The third-order valence-electron chi connectivity index (χ3n) is 3.61. The van der Waals surface area contributed by atoms with Crippen LogP contribution in [0.25, 0.3) is 0 Å². The Kier molecular flexibility index (Phi) is 2.37. The van der Waals surface area contributed by atoms with Crippen molar-refractivity contribution in [1.29, 1.82) is 0 Å². The number of hydrogen-bond acceptors (Lipinski definition) is 2. The molecule has 0 radical (unpaired) electrons. The van der Waals surface area contributed by atoms with E-state index in [2.05, 4.69) is 31.0 Å². The molecule has 0 aromatic carbocycles. The van der Waals surface area contributed by atoms with Gasteiger partial charge in [0.1, 0.15) is 0 Å². The van der Waals surface area contributed by atoms with Crippen LogP contribution in [0.4, 0.5) is 0 Å². The van der Waals surface area contributed by atoms with Crippen LogP contribution in [0.15, 0.2) is 0 Å². The molecule has 1 N–H and O–H groups in total. The molecule has 2 aliphatic rings. The second-order valence-corrected chi connectivity index (χ2v) is 5.53. The molecule has 0 amide bonds. The highest BCUT2D eigenvalue weighted by molar-refractivity contribution is 4.95. The first-order valence-electron chi connectivity index (χ1n) is 5.54. The van der Waals surface area contributed by atoms with Crippen LogP contribution in [0.2, 0.25) is 0 Å². The predicted octanol–water partition coefficient (Wildman–Crippen LogP) is 1.33. The molecule has 0 aromatic heterocycles. The molecule has 0 aliphatic carbocycles. The molecular formula is C11H22N2. The van der Waals surface area contributed by atoms with Gasteiger partial charge in [-0.2, -0.15) is 0 Å². The first-order valence-corrected chi connectivity index (χ1v) is 5.54. The zero-order valence-electron chi connectivity index (χ0n) is 9.14. The van der Waals surface area contributed by atoms with Gasteiger partial charge in [-0.3, -0.25) is 4.90 Å². The molecule has 0 saturated carbocycles. The van der Waals surface area contributed by atoms with E-state index in [1.54, 1.807) is 0 Å². The first-order chi connectivity index (χ1) is 6.09. The normalized spacial score (nSPS) is 35.8. The maximum Gasteiger partial charge on any atom is 0.0171 e. The summed E-state index contributed by atoms with van der Waals surface area (Å²) in [5, 5.41) is 3.49. The van der Waals surface area contributed by atoms with Crippen LogP contribution in [-0.2, 0) is 0 Å². The minimum absolute atomic E-state index is 0.471. The molecule has 13 heavy (non-hydrogen) atoms. The molecule has 2 rings (SSSR count). The van der Waals surface area contributed by atoms with E-state index in [1.807, 2.05) is 0 Å². The van der Waals surface area contributed by atoms with Gasteiger partial charge in [-0.15, -0.1) is 0 Å². The van der Waals surface area contributed by atoms with Gasteiger partial charge in [0.25, 0.3) is 0 Å². The highest BCUT2D eigenvalue weighted by atomic mass is 15.2. The Balaban J connectivity index is 1.96. The van der Waals surface area contributed by atoms with Crippen LogP contribution in [-0.4, -0.2) is 37.1 Å². The molecule has 2 saturated heterocycles. The lowest BCUT2D eigenvalue weighted by Crippen LogP contribution is -2.60. The number of nitrogens with one attached hydrogen (secondary N) is 1. The summed E-state index contributed by atoms with van der Waals surface area (Å²) in [6.07, 6.45) is 1.33. The monoisotopic (exact) mass is 182 g/mol. The van der Waals surface area contributed by atoms with E-state index in [9.17, 15) is 0 Å². The van der Waals surface area contributed by atoms with Crippen LogP contribution in [0, 0.1) is 11.3 Å². The van der Waals surface area contributed by atoms with E-state index >= 15 is 0 Å². The van der Waals surface area contributed by atoms with Crippen molar-refractivity contribution in [3.05, 3.63) is 0 Å². The van der Waals surface area contributed by atoms with Crippen molar-refractivity contribution in [2.45, 2.75) is 33.2 Å². The second-order valence-electron chi connectivity index (χ2n) is 5.53. The Labute approximate surface area is 81.7 Å². The van der Waals surface area contributed by atoms with Crippen molar-refractivity contribution in [3.63, 3.8) is 0 Å². The third kappa shape index (κ3) is 1.75. The molecule has 76 valence electrons. The van der Waals surface area contributed by atoms with Crippen LogP contribution in [0.1, 0.15) is 27.2 Å². The summed E-state index contributed by atoms with van der Waals surface area (Å²) in [6.45, 7) is 12.2. The molecule has 2 nitrogen and oxygen atoms in total. The van der Waals surface area contributed by atoms with Gasteiger partial charge in [-0.25, -0.2) is 0 Å². The standard InChI is InChI=1S/C11H22N2/c1-9-6-13(7-9)10-4-5-12-8-11(10,2)3/h9-10,12H,4-8H2,1-3H3. The number of piperidine rings is 1. The summed E-state index contributed by atoms with van der Waals surface area (Å²) in [5.41, 5.74) is 0.471. The molecule has 0 bridgehead atoms. The van der Waals surface area contributed by atoms with Crippen molar-refractivity contribution in [3.8, 4) is 0 Å². The lowest BCUT2D eigenvalue weighted by Gasteiger charge is -2.51. The van der Waals surface area contributed by atoms with Gasteiger partial charge in [0.05, 0.1) is 0 Å². The van der Waals surface area contributed by atoms with Gasteiger partial charge >= 0.3 is 0 Å². The van der Waals surface area contributed by atoms with Crippen molar-refractivity contribution >= 4 is 0 Å². The molecule has 2 aliphatic heterocycles. The van der Waals surface area contributed by atoms with E-state index in [-0.39, 0.29) is 0 Å². The van der Waals surface area contributed by atoms with Crippen LogP contribution < -0.4 is 5.32 Å². The summed E-state index contributed by atoms with van der Waals surface area (Å²) in [7, 11) is 0. The van der Waals surface area contributed by atoms with E-state index in [0.29, 0.717) is 5.41 Å². The summed E-state index contributed by atoms with van der Waals surface area (Å²) in [4.78, 5) is 2.67. The molecule has 1 atom stereocenters. The Hall–Kier alpha value is -0.0800. The van der Waals surface area contributed by atoms with Gasteiger partial charge < -0.3 is 5.32 Å². The maximum absolute atomic E-state index is 3.49. The fraction of sp³-hybridized carbons (Fsp3) is 1.00. The lowest BCUT2D eigenvalue weighted by atomic mass is 9.77. The molecule has 2 fully saturated rings. The van der Waals surface area contributed by atoms with Crippen LogP contribution in [0.5, 0.6) is 0 Å². The zero-order chi connectivity index (χ0) is 9.47. The molecule has 2 heteroatoms. The van der Waals surface area contributed by atoms with Gasteiger partial charge in [0.2, 0.25) is 0 Å². The summed E-state index contributed by atoms with van der Waals surface area (Å²) >= 11 is 0. The predicted molar refractivity (Wildman–Crippen MR) is 55.8 cm³/mol. The highest BCUT2D eigenvalue weighted by Gasteiger charge is 2.40. The summed E-state index contributed by atoms with van der Waals surface area (Å²) < 4.78 is 0. The van der Waals surface area contributed by atoms with E-state index < -0.39 is 0 Å². The SMILES string of the molecule is CC1CN(C2CCNCC2(C)C)C1. The van der Waals surface area contributed by atoms with Gasteiger partial charge in [-0.1, -0.05) is 20.8 Å². The van der Waals surface area contributed by atoms with Gasteiger partial charge in [0, 0.05) is 25.7 Å². The van der Waals surface area contributed by atoms with Gasteiger partial charge in [-0.05, 0) is 24.3 Å². The second kappa shape index (κ2) is 3.25. The third-order valence-corrected chi connectivity index (χ3v) is 3.61. The number of nitrogens with zero attached hydrogens (tertiary/aromatic N) is 1. The first kappa shape index (κ1) is 9.47. The maximum atomic E-state index is 3.49. The van der Waals surface area contributed by atoms with Crippen molar-refractivity contribution in [2.24, 2.45) is 11.3 Å². The molecule has 2 heterocycles. The van der Waals surface area contributed by atoms with E-state index in [0.717, 1.165) is 12.0 Å². The quantitative estimate of drug-likeness (QED) is 0.658. The largest absolute Gasteiger partial charge is 0.316 e. The van der Waals surface area contributed by atoms with Crippen LogP contribution in [0.3, 0.4) is 0 Å². The number of hydrogen-bond donors (Lipinski definition) is 1. The molecular weight excluding hydrogens is 160 g/mol. The van der Waals surface area contributed by atoms with Crippen molar-refractivity contribution < 1.29 is 0 Å². The van der Waals surface area contributed by atoms with E-state index in [4.69, 9.17) is 0 Å². The zero-order valence-corrected chi connectivity index (χ0v) is 9.14. The van der Waals surface area contributed by atoms with Crippen molar-refractivity contribution in [1.82, 2.24) is 10.2 Å². The fourth-order valence-corrected chi connectivity index (χ4v) is 2.84. The highest BCUT2D eigenvalue weighted by Crippen LogP contribution is 2.33. The molecule has 1 unspecified atom stereocenters. The summed E-state index contributed by atoms with van der Waals surface area (Å²) in [6, 6.07) is 0.824. The average Bonchev–Trinajstić information content (AvgIpc) is 1.99. The molecule has 0 aromatic rings. The number of likely N-dealkylation sites (tertiary alicyclic amines) is 1. The Morgan fingerprint density at radius 1 is 1.31 bits per heavy atom. The smallest absolute Gasteiger partial charge is 0.0171 e. The van der Waals surface area contributed by atoms with E-state index in [1.165, 1.54) is 32.6 Å². The fourth-order valence-electron chi connectivity index (χ4n) is 2.84. The average molecular weight is 182 g/mol. The van der Waals surface area contributed by atoms with Crippen LogP contribution >= 0.6 is 0 Å². The topological polar surface area (TPSA) is 15.3 Å². The summed E-state index contributed by atoms with van der Waals surface area (Å²) in [5.74, 6) is 0.936. The Morgan fingerprint density at radius 2 is 2.00 bits per heavy atom. The Morgan fingerprint density at radius 3 is 2.54 bits per heavy atom. The number of rotatable bonds is 1. The minimum atomic E-state index is 0.471. The molecule has 0 spiro atoms. The van der Waals surface area contributed by atoms with Crippen molar-refractivity contribution in [2.75, 3.05) is 26.2 Å². The Bertz CT molecular complexity index is 183. The lowest BCUT2D eigenvalue weighted by molar-refractivity contribution is -0.0134.